The van der Waals surface area contributed by atoms with Crippen LogP contribution in [0.2, 0.25) is 0 Å². The number of benzene rings is 2. The molecule has 6 nitrogen and oxygen atoms in total. The van der Waals surface area contributed by atoms with Gasteiger partial charge < -0.3 is 9.80 Å². The van der Waals surface area contributed by atoms with Crippen molar-refractivity contribution in [2.75, 3.05) is 26.2 Å². The molecule has 0 aromatic heterocycles. The molecule has 0 aliphatic carbocycles. The fraction of sp³-hybridized carbons (Fsp3) is 0.533. The van der Waals surface area contributed by atoms with Crippen molar-refractivity contribution < 1.29 is 27.6 Å². The lowest BCUT2D eigenvalue weighted by Crippen LogP contribution is -2.59. The predicted octanol–water partition coefficient (Wildman–Crippen LogP) is 5.32. The van der Waals surface area contributed by atoms with Gasteiger partial charge in [-0.05, 0) is 69.7 Å². The highest BCUT2D eigenvalue weighted by molar-refractivity contribution is 5.87. The predicted molar refractivity (Wildman–Crippen MR) is 142 cm³/mol. The van der Waals surface area contributed by atoms with E-state index in [1.54, 1.807) is 15.9 Å². The van der Waals surface area contributed by atoms with E-state index in [-0.39, 0.29) is 42.5 Å². The van der Waals surface area contributed by atoms with Gasteiger partial charge in [0.25, 0.3) is 0 Å². The molecule has 4 rings (SSSR count). The lowest BCUT2D eigenvalue weighted by Gasteiger charge is -2.43. The standard InChI is InChI=1S/C30H38F3N3O3/c1-29(2,3)39-35-16-14-24(15-17-35)28(38)34-20-26(13-12-22-8-5-4-6-9-22)36(27(37)21-34)19-23-10-7-11-25(18-23)30(31,32)33/h4-11,18,24,26H,12-17,19-21H2,1-3H3/t26-/m0/s1. The van der Waals surface area contributed by atoms with Crippen LogP contribution in [-0.4, -0.2) is 64.5 Å². The fourth-order valence-corrected chi connectivity index (χ4v) is 5.37. The number of carbonyl (C=O) groups is 2. The molecule has 2 aromatic rings. The highest BCUT2D eigenvalue weighted by Crippen LogP contribution is 2.31. The Bertz CT molecular complexity index is 1130. The Morgan fingerprint density at radius 2 is 1.64 bits per heavy atom. The summed E-state index contributed by atoms with van der Waals surface area (Å²) in [6.07, 6.45) is -1.84. The van der Waals surface area contributed by atoms with Gasteiger partial charge in [-0.25, -0.2) is 0 Å². The van der Waals surface area contributed by atoms with E-state index in [0.29, 0.717) is 50.9 Å². The van der Waals surface area contributed by atoms with Gasteiger partial charge in [-0.2, -0.15) is 18.2 Å². The second kappa shape index (κ2) is 12.1. The number of carbonyl (C=O) groups excluding carboxylic acids is 2. The van der Waals surface area contributed by atoms with Crippen LogP contribution in [0.5, 0.6) is 0 Å². The van der Waals surface area contributed by atoms with E-state index in [4.69, 9.17) is 4.84 Å². The number of hydrogen-bond donors (Lipinski definition) is 0. The van der Waals surface area contributed by atoms with Gasteiger partial charge in [-0.3, -0.25) is 14.4 Å². The number of hydroxylamine groups is 2. The number of aryl methyl sites for hydroxylation is 1. The van der Waals surface area contributed by atoms with E-state index in [1.807, 2.05) is 56.2 Å². The molecule has 2 saturated heterocycles. The molecule has 0 unspecified atom stereocenters. The van der Waals surface area contributed by atoms with Crippen LogP contribution in [0.25, 0.3) is 0 Å². The summed E-state index contributed by atoms with van der Waals surface area (Å²) in [6, 6.07) is 14.7. The highest BCUT2D eigenvalue weighted by Gasteiger charge is 2.38. The third-order valence-electron chi connectivity index (χ3n) is 7.25. The molecule has 212 valence electrons. The van der Waals surface area contributed by atoms with Crippen molar-refractivity contribution in [3.8, 4) is 0 Å². The van der Waals surface area contributed by atoms with E-state index >= 15 is 0 Å². The van der Waals surface area contributed by atoms with E-state index in [1.165, 1.54) is 6.07 Å². The summed E-state index contributed by atoms with van der Waals surface area (Å²) in [4.78, 5) is 36.1. The first-order chi connectivity index (χ1) is 18.4. The molecular weight excluding hydrogens is 507 g/mol. The molecular formula is C30H38F3N3O3. The highest BCUT2D eigenvalue weighted by atomic mass is 19.4. The number of amides is 2. The molecule has 2 aromatic carbocycles. The Hall–Kier alpha value is -2.91. The summed E-state index contributed by atoms with van der Waals surface area (Å²) in [5, 5.41) is 1.91. The quantitative estimate of drug-likeness (QED) is 0.473. The Labute approximate surface area is 228 Å². The molecule has 9 heteroatoms. The van der Waals surface area contributed by atoms with Gasteiger partial charge in [0.05, 0.1) is 23.8 Å². The van der Waals surface area contributed by atoms with Crippen molar-refractivity contribution in [2.24, 2.45) is 5.92 Å². The smallest absolute Gasteiger partial charge is 0.332 e. The first-order valence-corrected chi connectivity index (χ1v) is 13.6. The van der Waals surface area contributed by atoms with Crippen molar-refractivity contribution >= 4 is 11.8 Å². The maximum absolute atomic E-state index is 13.5. The summed E-state index contributed by atoms with van der Waals surface area (Å²) in [5.41, 5.74) is 0.502. The van der Waals surface area contributed by atoms with Crippen molar-refractivity contribution in [3.63, 3.8) is 0 Å². The lowest BCUT2D eigenvalue weighted by atomic mass is 9.94. The average Bonchev–Trinajstić information content (AvgIpc) is 2.88. The van der Waals surface area contributed by atoms with Crippen molar-refractivity contribution in [2.45, 2.75) is 70.8 Å². The van der Waals surface area contributed by atoms with Crippen LogP contribution in [0.1, 0.15) is 56.7 Å². The summed E-state index contributed by atoms with van der Waals surface area (Å²) in [6.45, 7) is 7.65. The molecule has 39 heavy (non-hydrogen) atoms. The number of piperazine rings is 1. The zero-order valence-corrected chi connectivity index (χ0v) is 22.9. The number of rotatable bonds is 7. The first kappa shape index (κ1) is 29.1. The van der Waals surface area contributed by atoms with E-state index in [9.17, 15) is 22.8 Å². The monoisotopic (exact) mass is 545 g/mol. The maximum Gasteiger partial charge on any atom is 0.416 e. The fourth-order valence-electron chi connectivity index (χ4n) is 5.37. The summed E-state index contributed by atoms with van der Waals surface area (Å²) in [7, 11) is 0. The SMILES string of the molecule is CC(C)(C)ON1CCC(C(=O)N2CC(=O)N(Cc3cccc(C(F)(F)F)c3)[C@@H](CCc3ccccc3)C2)CC1. The molecule has 0 N–H and O–H groups in total. The normalized spacial score (nSPS) is 19.9. The molecule has 2 heterocycles. The molecule has 2 amide bonds. The molecule has 2 aliphatic heterocycles. The molecule has 2 aliphatic rings. The summed E-state index contributed by atoms with van der Waals surface area (Å²) in [5.74, 6) is -0.442. The second-order valence-electron chi connectivity index (χ2n) is 11.5. The van der Waals surface area contributed by atoms with Crippen LogP contribution >= 0.6 is 0 Å². The molecule has 0 bridgehead atoms. The lowest BCUT2D eigenvalue weighted by molar-refractivity contribution is -0.238. The molecule has 1 atom stereocenters. The van der Waals surface area contributed by atoms with Gasteiger partial charge in [0.2, 0.25) is 11.8 Å². The Morgan fingerprint density at radius 3 is 2.28 bits per heavy atom. The summed E-state index contributed by atoms with van der Waals surface area (Å²) >= 11 is 0. The molecule has 0 radical (unpaired) electrons. The number of halogens is 3. The minimum absolute atomic E-state index is 0.0258. The van der Waals surface area contributed by atoms with Gasteiger partial charge in [-0.1, -0.05) is 42.5 Å². The van der Waals surface area contributed by atoms with Crippen LogP contribution in [-0.2, 0) is 33.6 Å². The van der Waals surface area contributed by atoms with Crippen molar-refractivity contribution in [1.82, 2.24) is 14.9 Å². The van der Waals surface area contributed by atoms with Gasteiger partial charge >= 0.3 is 6.18 Å². The van der Waals surface area contributed by atoms with Crippen LogP contribution in [0.15, 0.2) is 54.6 Å². The largest absolute Gasteiger partial charge is 0.416 e. The minimum Gasteiger partial charge on any atom is -0.332 e. The maximum atomic E-state index is 13.5. The third kappa shape index (κ3) is 8.05. The Balaban J connectivity index is 1.46. The van der Waals surface area contributed by atoms with E-state index in [0.717, 1.165) is 17.7 Å². The zero-order chi connectivity index (χ0) is 28.2. The van der Waals surface area contributed by atoms with E-state index in [2.05, 4.69) is 0 Å². The Kier molecular flexibility index (Phi) is 9.01. The van der Waals surface area contributed by atoms with E-state index < -0.39 is 11.7 Å². The van der Waals surface area contributed by atoms with Crippen LogP contribution < -0.4 is 0 Å². The van der Waals surface area contributed by atoms with Crippen LogP contribution in [0.3, 0.4) is 0 Å². The molecule has 2 fully saturated rings. The first-order valence-electron chi connectivity index (χ1n) is 13.6. The zero-order valence-electron chi connectivity index (χ0n) is 22.9. The van der Waals surface area contributed by atoms with Crippen molar-refractivity contribution in [1.29, 1.82) is 0 Å². The summed E-state index contributed by atoms with van der Waals surface area (Å²) < 4.78 is 39.9. The van der Waals surface area contributed by atoms with Crippen LogP contribution in [0, 0.1) is 5.92 Å². The topological polar surface area (TPSA) is 53.1 Å². The second-order valence-corrected chi connectivity index (χ2v) is 11.5. The van der Waals surface area contributed by atoms with Gasteiger partial charge in [0.1, 0.15) is 0 Å². The number of alkyl halides is 3. The third-order valence-corrected chi connectivity index (χ3v) is 7.25. The van der Waals surface area contributed by atoms with Gasteiger partial charge in [0, 0.05) is 32.1 Å². The van der Waals surface area contributed by atoms with Gasteiger partial charge in [-0.15, -0.1) is 0 Å². The minimum atomic E-state index is -4.45. The average molecular weight is 546 g/mol. The van der Waals surface area contributed by atoms with Gasteiger partial charge in [0.15, 0.2) is 0 Å². The Morgan fingerprint density at radius 1 is 0.974 bits per heavy atom. The number of hydrogen-bond acceptors (Lipinski definition) is 4. The van der Waals surface area contributed by atoms with Crippen molar-refractivity contribution in [3.05, 3.63) is 71.3 Å². The number of piperidine rings is 1. The van der Waals surface area contributed by atoms with Crippen LogP contribution in [0.4, 0.5) is 13.2 Å². The molecule has 0 saturated carbocycles. The number of nitrogens with zero attached hydrogens (tertiary/aromatic N) is 3. The molecule has 0 spiro atoms.